The van der Waals surface area contributed by atoms with E-state index >= 15 is 0 Å². The van der Waals surface area contributed by atoms with Crippen molar-refractivity contribution in [2.75, 3.05) is 26.2 Å². The van der Waals surface area contributed by atoms with Crippen molar-refractivity contribution in [1.82, 2.24) is 29.3 Å². The van der Waals surface area contributed by atoms with Crippen LogP contribution < -0.4 is 5.32 Å². The summed E-state index contributed by atoms with van der Waals surface area (Å²) in [5, 5.41) is 11.1. The molecular weight excluding hydrogens is 448 g/mol. The van der Waals surface area contributed by atoms with Crippen molar-refractivity contribution in [3.05, 3.63) is 40.4 Å². The Hall–Kier alpha value is -1.98. The molecule has 150 valence electrons. The van der Waals surface area contributed by atoms with Crippen LogP contribution in [0.4, 0.5) is 4.79 Å². The molecule has 9 nitrogen and oxygen atoms in total. The average molecular weight is 469 g/mol. The molecule has 1 aromatic carbocycles. The monoisotopic (exact) mass is 468 g/mol. The molecule has 0 saturated carbocycles. The van der Waals surface area contributed by atoms with Crippen LogP contribution in [0, 0.1) is 0 Å². The molecule has 0 atom stereocenters. The van der Waals surface area contributed by atoms with Crippen molar-refractivity contribution in [2.45, 2.75) is 30.8 Å². The predicted octanol–water partition coefficient (Wildman–Crippen LogP) is 1.20. The summed E-state index contributed by atoms with van der Waals surface area (Å²) in [6.07, 6.45) is 1.98. The standard InChI is InChI=1S/C17H21BrN6O3S/c18-13-3-5-14(6-4-13)28(26,27)23-10-8-22(9-11-23)17(25)19-12-16-21-20-15-2-1-7-24(15)16/h3-6H,1-2,7-12H2,(H,19,25). The second-order valence-electron chi connectivity index (χ2n) is 6.79. The first-order chi connectivity index (χ1) is 13.4. The fraction of sp³-hybridized carbons (Fsp3) is 0.471. The Morgan fingerprint density at radius 3 is 2.50 bits per heavy atom. The minimum absolute atomic E-state index is 0.212. The molecule has 3 heterocycles. The lowest BCUT2D eigenvalue weighted by Gasteiger charge is -2.34. The summed E-state index contributed by atoms with van der Waals surface area (Å²) in [6, 6.07) is 6.36. The molecule has 2 amide bonds. The van der Waals surface area contributed by atoms with E-state index in [0.717, 1.165) is 35.5 Å². The first-order valence-corrected chi connectivity index (χ1v) is 11.4. The third-order valence-electron chi connectivity index (χ3n) is 5.06. The smallest absolute Gasteiger partial charge is 0.317 e. The molecule has 2 aromatic rings. The lowest BCUT2D eigenvalue weighted by atomic mass is 10.4. The largest absolute Gasteiger partial charge is 0.331 e. The lowest BCUT2D eigenvalue weighted by molar-refractivity contribution is 0.171. The van der Waals surface area contributed by atoms with Gasteiger partial charge in [-0.2, -0.15) is 4.31 Å². The van der Waals surface area contributed by atoms with Crippen LogP contribution in [0.5, 0.6) is 0 Å². The van der Waals surface area contributed by atoms with Crippen LogP contribution >= 0.6 is 15.9 Å². The van der Waals surface area contributed by atoms with Crippen molar-refractivity contribution in [1.29, 1.82) is 0 Å². The summed E-state index contributed by atoms with van der Waals surface area (Å²) in [7, 11) is -3.55. The van der Waals surface area contributed by atoms with Crippen LogP contribution in [0.1, 0.15) is 18.1 Å². The van der Waals surface area contributed by atoms with Crippen molar-refractivity contribution in [3.63, 3.8) is 0 Å². The van der Waals surface area contributed by atoms with E-state index in [-0.39, 0.29) is 24.0 Å². The van der Waals surface area contributed by atoms with E-state index in [2.05, 4.69) is 31.4 Å². The second-order valence-corrected chi connectivity index (χ2v) is 9.65. The van der Waals surface area contributed by atoms with Crippen LogP contribution in [0.2, 0.25) is 0 Å². The third kappa shape index (κ3) is 3.78. The van der Waals surface area contributed by atoms with Crippen LogP contribution in [-0.2, 0) is 29.5 Å². The number of rotatable bonds is 4. The maximum absolute atomic E-state index is 12.7. The Morgan fingerprint density at radius 2 is 1.79 bits per heavy atom. The fourth-order valence-corrected chi connectivity index (χ4v) is 5.18. The fourth-order valence-electron chi connectivity index (χ4n) is 3.50. The molecule has 1 N–H and O–H groups in total. The van der Waals surface area contributed by atoms with Gasteiger partial charge in [-0.25, -0.2) is 13.2 Å². The predicted molar refractivity (Wildman–Crippen MR) is 105 cm³/mol. The van der Waals surface area contributed by atoms with E-state index in [1.165, 1.54) is 4.31 Å². The van der Waals surface area contributed by atoms with E-state index in [1.807, 2.05) is 4.57 Å². The summed E-state index contributed by atoms with van der Waals surface area (Å²) in [5.74, 6) is 1.73. The van der Waals surface area contributed by atoms with Crippen molar-refractivity contribution in [2.24, 2.45) is 0 Å². The molecule has 1 aromatic heterocycles. The molecule has 0 bridgehead atoms. The van der Waals surface area contributed by atoms with Gasteiger partial charge in [0.25, 0.3) is 0 Å². The van der Waals surface area contributed by atoms with E-state index in [9.17, 15) is 13.2 Å². The number of carbonyl (C=O) groups excluding carboxylic acids is 1. The first kappa shape index (κ1) is 19.3. The van der Waals surface area contributed by atoms with Gasteiger partial charge >= 0.3 is 6.03 Å². The first-order valence-electron chi connectivity index (χ1n) is 9.14. The highest BCUT2D eigenvalue weighted by Crippen LogP contribution is 2.20. The number of hydrogen-bond acceptors (Lipinski definition) is 5. The number of piperazine rings is 1. The van der Waals surface area contributed by atoms with Crippen LogP contribution in [0.15, 0.2) is 33.6 Å². The molecule has 0 spiro atoms. The van der Waals surface area contributed by atoms with Gasteiger partial charge in [-0.15, -0.1) is 10.2 Å². The maximum Gasteiger partial charge on any atom is 0.317 e. The number of nitrogens with one attached hydrogen (secondary N) is 1. The average Bonchev–Trinajstić information content (AvgIpc) is 3.31. The Morgan fingerprint density at radius 1 is 1.07 bits per heavy atom. The van der Waals surface area contributed by atoms with E-state index in [1.54, 1.807) is 29.2 Å². The molecule has 28 heavy (non-hydrogen) atoms. The Kier molecular flexibility index (Phi) is 5.39. The number of carbonyl (C=O) groups is 1. The molecule has 1 fully saturated rings. The zero-order chi connectivity index (χ0) is 19.7. The van der Waals surface area contributed by atoms with Crippen molar-refractivity contribution >= 4 is 32.0 Å². The topological polar surface area (TPSA) is 100 Å². The number of aromatic nitrogens is 3. The zero-order valence-electron chi connectivity index (χ0n) is 15.2. The van der Waals surface area contributed by atoms with E-state index < -0.39 is 10.0 Å². The quantitative estimate of drug-likeness (QED) is 0.726. The van der Waals surface area contributed by atoms with Gasteiger partial charge in [-0.1, -0.05) is 15.9 Å². The molecule has 0 unspecified atom stereocenters. The van der Waals surface area contributed by atoms with Gasteiger partial charge < -0.3 is 14.8 Å². The second kappa shape index (κ2) is 7.80. The Balaban J connectivity index is 1.32. The highest BCUT2D eigenvalue weighted by atomic mass is 79.9. The summed E-state index contributed by atoms with van der Waals surface area (Å²) < 4.78 is 29.8. The summed E-state index contributed by atoms with van der Waals surface area (Å²) in [4.78, 5) is 14.3. The molecule has 2 aliphatic heterocycles. The minimum Gasteiger partial charge on any atom is -0.331 e. The number of halogens is 1. The normalized spacial score (nSPS) is 17.5. The number of benzene rings is 1. The number of fused-ring (bicyclic) bond motifs is 1. The molecule has 1 saturated heterocycles. The highest BCUT2D eigenvalue weighted by molar-refractivity contribution is 9.10. The highest BCUT2D eigenvalue weighted by Gasteiger charge is 2.30. The molecule has 4 rings (SSSR count). The Labute approximate surface area is 171 Å². The van der Waals surface area contributed by atoms with Crippen LogP contribution in [0.3, 0.4) is 0 Å². The lowest BCUT2D eigenvalue weighted by Crippen LogP contribution is -2.53. The summed E-state index contributed by atoms with van der Waals surface area (Å²) in [5.41, 5.74) is 0. The minimum atomic E-state index is -3.55. The number of urea groups is 1. The van der Waals surface area contributed by atoms with Gasteiger partial charge in [-0.3, -0.25) is 0 Å². The van der Waals surface area contributed by atoms with Gasteiger partial charge in [0.05, 0.1) is 11.4 Å². The molecule has 2 aliphatic rings. The van der Waals surface area contributed by atoms with Gasteiger partial charge in [0.2, 0.25) is 10.0 Å². The third-order valence-corrected chi connectivity index (χ3v) is 7.50. The van der Waals surface area contributed by atoms with Crippen molar-refractivity contribution < 1.29 is 13.2 Å². The molecular formula is C17H21BrN6O3S. The van der Waals surface area contributed by atoms with Crippen LogP contribution in [0.25, 0.3) is 0 Å². The maximum atomic E-state index is 12.7. The van der Waals surface area contributed by atoms with E-state index in [0.29, 0.717) is 19.6 Å². The summed E-state index contributed by atoms with van der Waals surface area (Å²) >= 11 is 3.31. The summed E-state index contributed by atoms with van der Waals surface area (Å²) in [6.45, 7) is 2.45. The number of aryl methyl sites for hydroxylation is 1. The van der Waals surface area contributed by atoms with Gasteiger partial charge in [0, 0.05) is 43.6 Å². The molecule has 0 aliphatic carbocycles. The number of nitrogens with zero attached hydrogens (tertiary/aromatic N) is 5. The molecule has 0 radical (unpaired) electrons. The van der Waals surface area contributed by atoms with Gasteiger partial charge in [0.15, 0.2) is 5.82 Å². The zero-order valence-corrected chi connectivity index (χ0v) is 17.6. The van der Waals surface area contributed by atoms with Gasteiger partial charge in [-0.05, 0) is 30.7 Å². The number of sulfonamides is 1. The Bertz CT molecular complexity index is 967. The SMILES string of the molecule is O=C(NCc1nnc2n1CCC2)N1CCN(S(=O)(=O)c2ccc(Br)cc2)CC1. The van der Waals surface area contributed by atoms with Gasteiger partial charge in [0.1, 0.15) is 5.82 Å². The van der Waals surface area contributed by atoms with E-state index in [4.69, 9.17) is 0 Å². The van der Waals surface area contributed by atoms with Crippen LogP contribution in [-0.4, -0.2) is 64.6 Å². The molecule has 11 heteroatoms. The van der Waals surface area contributed by atoms with Crippen molar-refractivity contribution in [3.8, 4) is 0 Å². The number of amides is 2. The number of hydrogen-bond donors (Lipinski definition) is 1.